The molecule has 1 aromatic carbocycles. The predicted molar refractivity (Wildman–Crippen MR) is 66.7 cm³/mol. The first-order valence-electron chi connectivity index (χ1n) is 6.17. The SMILES string of the molecule is Cc1ccc(F)c(CN2C[C@@H](C)[C@H](C(=O)O)C2)c1. The van der Waals surface area contributed by atoms with E-state index in [1.165, 1.54) is 6.07 Å². The molecule has 0 radical (unpaired) electrons. The molecule has 2 rings (SSSR count). The normalized spacial score (nSPS) is 24.4. The topological polar surface area (TPSA) is 40.5 Å². The summed E-state index contributed by atoms with van der Waals surface area (Å²) in [5.74, 6) is -1.19. The van der Waals surface area contributed by atoms with Crippen LogP contribution in [-0.2, 0) is 11.3 Å². The summed E-state index contributed by atoms with van der Waals surface area (Å²) in [6, 6.07) is 5.04. The summed E-state index contributed by atoms with van der Waals surface area (Å²) < 4.78 is 13.6. The van der Waals surface area contributed by atoms with Gasteiger partial charge in [0.05, 0.1) is 5.92 Å². The van der Waals surface area contributed by atoms with Gasteiger partial charge in [0.25, 0.3) is 0 Å². The van der Waals surface area contributed by atoms with E-state index in [9.17, 15) is 9.18 Å². The minimum absolute atomic E-state index is 0.121. The number of carbonyl (C=O) groups is 1. The summed E-state index contributed by atoms with van der Waals surface area (Å²) in [6.07, 6.45) is 0. The maximum absolute atomic E-state index is 13.6. The molecule has 4 heteroatoms. The Bertz CT molecular complexity index is 461. The zero-order valence-corrected chi connectivity index (χ0v) is 10.7. The summed E-state index contributed by atoms with van der Waals surface area (Å²) in [6.45, 7) is 5.57. The first-order chi connectivity index (χ1) is 8.47. The average Bonchev–Trinajstić information content (AvgIpc) is 2.65. The zero-order valence-electron chi connectivity index (χ0n) is 10.7. The number of carboxylic acid groups (broad SMARTS) is 1. The van der Waals surface area contributed by atoms with E-state index in [0.717, 1.165) is 5.56 Å². The highest BCUT2D eigenvalue weighted by Crippen LogP contribution is 2.25. The summed E-state index contributed by atoms with van der Waals surface area (Å²) in [5, 5.41) is 9.07. The minimum atomic E-state index is -0.755. The first kappa shape index (κ1) is 13.0. The van der Waals surface area contributed by atoms with E-state index in [4.69, 9.17) is 5.11 Å². The van der Waals surface area contributed by atoms with Gasteiger partial charge in [0.1, 0.15) is 5.82 Å². The minimum Gasteiger partial charge on any atom is -0.481 e. The van der Waals surface area contributed by atoms with Crippen molar-refractivity contribution in [1.29, 1.82) is 0 Å². The van der Waals surface area contributed by atoms with Gasteiger partial charge < -0.3 is 5.11 Å². The molecule has 0 unspecified atom stereocenters. The Labute approximate surface area is 106 Å². The van der Waals surface area contributed by atoms with Crippen LogP contribution in [0.25, 0.3) is 0 Å². The number of hydrogen-bond donors (Lipinski definition) is 1. The molecule has 1 aliphatic heterocycles. The zero-order chi connectivity index (χ0) is 13.3. The standard InChI is InChI=1S/C14H18FNO2/c1-9-3-4-13(15)11(5-9)7-16-6-10(2)12(8-16)14(17)18/h3-5,10,12H,6-8H2,1-2H3,(H,17,18)/t10-,12-/m1/s1. The summed E-state index contributed by atoms with van der Waals surface area (Å²) in [4.78, 5) is 13.0. The van der Waals surface area contributed by atoms with Gasteiger partial charge in [-0.1, -0.05) is 24.6 Å². The van der Waals surface area contributed by atoms with E-state index >= 15 is 0 Å². The van der Waals surface area contributed by atoms with Crippen LogP contribution in [-0.4, -0.2) is 29.1 Å². The van der Waals surface area contributed by atoms with E-state index in [1.807, 2.05) is 24.8 Å². The average molecular weight is 251 g/mol. The largest absolute Gasteiger partial charge is 0.481 e. The summed E-state index contributed by atoms with van der Waals surface area (Å²) in [5.41, 5.74) is 1.67. The molecule has 0 spiro atoms. The van der Waals surface area contributed by atoms with Crippen molar-refractivity contribution < 1.29 is 14.3 Å². The third kappa shape index (κ3) is 2.70. The number of halogens is 1. The molecule has 1 aliphatic rings. The second kappa shape index (κ2) is 5.06. The highest BCUT2D eigenvalue weighted by atomic mass is 19.1. The number of nitrogens with zero attached hydrogens (tertiary/aromatic N) is 1. The highest BCUT2D eigenvalue weighted by molar-refractivity contribution is 5.71. The fourth-order valence-corrected chi connectivity index (χ4v) is 2.58. The van der Waals surface area contributed by atoms with E-state index < -0.39 is 5.97 Å². The highest BCUT2D eigenvalue weighted by Gasteiger charge is 2.34. The number of hydrogen-bond acceptors (Lipinski definition) is 2. The molecule has 3 nitrogen and oxygen atoms in total. The molecule has 0 bridgehead atoms. The summed E-state index contributed by atoms with van der Waals surface area (Å²) in [7, 11) is 0. The Balaban J connectivity index is 2.07. The molecule has 0 aromatic heterocycles. The van der Waals surface area contributed by atoms with Crippen molar-refractivity contribution in [2.45, 2.75) is 20.4 Å². The number of rotatable bonds is 3. The van der Waals surface area contributed by atoms with Crippen LogP contribution in [0.4, 0.5) is 4.39 Å². The molecule has 1 saturated heterocycles. The van der Waals surface area contributed by atoms with Crippen LogP contribution in [0.2, 0.25) is 0 Å². The van der Waals surface area contributed by atoms with E-state index in [1.54, 1.807) is 6.07 Å². The van der Waals surface area contributed by atoms with Crippen molar-refractivity contribution in [2.24, 2.45) is 11.8 Å². The third-order valence-electron chi connectivity index (χ3n) is 3.60. The van der Waals surface area contributed by atoms with Crippen LogP contribution in [0.15, 0.2) is 18.2 Å². The van der Waals surface area contributed by atoms with Crippen molar-refractivity contribution in [3.63, 3.8) is 0 Å². The Kier molecular flexibility index (Phi) is 3.66. The summed E-state index contributed by atoms with van der Waals surface area (Å²) >= 11 is 0. The Morgan fingerprint density at radius 1 is 1.50 bits per heavy atom. The van der Waals surface area contributed by atoms with Gasteiger partial charge in [-0.05, 0) is 18.9 Å². The van der Waals surface area contributed by atoms with Gasteiger partial charge in [-0.3, -0.25) is 9.69 Å². The lowest BCUT2D eigenvalue weighted by atomic mass is 9.99. The quantitative estimate of drug-likeness (QED) is 0.896. The molecule has 1 aromatic rings. The second-order valence-corrected chi connectivity index (χ2v) is 5.21. The van der Waals surface area contributed by atoms with Crippen LogP contribution in [0.5, 0.6) is 0 Å². The number of aliphatic carboxylic acids is 1. The van der Waals surface area contributed by atoms with Gasteiger partial charge in [0.2, 0.25) is 0 Å². The number of carboxylic acids is 1. The number of benzene rings is 1. The number of likely N-dealkylation sites (tertiary alicyclic amines) is 1. The van der Waals surface area contributed by atoms with E-state index in [2.05, 4.69) is 0 Å². The Hall–Kier alpha value is -1.42. The molecule has 0 amide bonds. The van der Waals surface area contributed by atoms with Crippen LogP contribution < -0.4 is 0 Å². The second-order valence-electron chi connectivity index (χ2n) is 5.21. The smallest absolute Gasteiger partial charge is 0.308 e. The molecular weight excluding hydrogens is 233 g/mol. The lowest BCUT2D eigenvalue weighted by Crippen LogP contribution is -2.23. The number of aryl methyl sites for hydroxylation is 1. The molecule has 0 aliphatic carbocycles. The molecule has 0 saturated carbocycles. The predicted octanol–water partition coefficient (Wildman–Crippen LogP) is 2.29. The van der Waals surface area contributed by atoms with Gasteiger partial charge in [0.15, 0.2) is 0 Å². The van der Waals surface area contributed by atoms with Gasteiger partial charge in [-0.2, -0.15) is 0 Å². The van der Waals surface area contributed by atoms with Gasteiger partial charge in [-0.15, -0.1) is 0 Å². The Morgan fingerprint density at radius 2 is 2.22 bits per heavy atom. The molecule has 1 N–H and O–H groups in total. The van der Waals surface area contributed by atoms with Crippen LogP contribution >= 0.6 is 0 Å². The molecule has 1 heterocycles. The van der Waals surface area contributed by atoms with Crippen molar-refractivity contribution in [2.75, 3.05) is 13.1 Å². The monoisotopic (exact) mass is 251 g/mol. The fourth-order valence-electron chi connectivity index (χ4n) is 2.58. The van der Waals surface area contributed by atoms with Gasteiger partial charge in [0, 0.05) is 25.2 Å². The van der Waals surface area contributed by atoms with Gasteiger partial charge in [-0.25, -0.2) is 4.39 Å². The van der Waals surface area contributed by atoms with Crippen LogP contribution in [0.3, 0.4) is 0 Å². The molecule has 2 atom stereocenters. The molecule has 18 heavy (non-hydrogen) atoms. The van der Waals surface area contributed by atoms with Gasteiger partial charge >= 0.3 is 5.97 Å². The third-order valence-corrected chi connectivity index (χ3v) is 3.60. The van der Waals surface area contributed by atoms with E-state index in [-0.39, 0.29) is 17.7 Å². The Morgan fingerprint density at radius 3 is 2.83 bits per heavy atom. The van der Waals surface area contributed by atoms with Crippen molar-refractivity contribution in [3.8, 4) is 0 Å². The fraction of sp³-hybridized carbons (Fsp3) is 0.500. The lowest BCUT2D eigenvalue weighted by Gasteiger charge is -2.16. The van der Waals surface area contributed by atoms with Crippen LogP contribution in [0, 0.1) is 24.6 Å². The van der Waals surface area contributed by atoms with Crippen molar-refractivity contribution in [3.05, 3.63) is 35.1 Å². The molecule has 98 valence electrons. The van der Waals surface area contributed by atoms with Crippen LogP contribution in [0.1, 0.15) is 18.1 Å². The van der Waals surface area contributed by atoms with E-state index in [0.29, 0.717) is 25.2 Å². The maximum Gasteiger partial charge on any atom is 0.308 e. The lowest BCUT2D eigenvalue weighted by molar-refractivity contribution is -0.142. The molecular formula is C14H18FNO2. The maximum atomic E-state index is 13.6. The van der Waals surface area contributed by atoms with Crippen molar-refractivity contribution >= 4 is 5.97 Å². The first-order valence-corrected chi connectivity index (χ1v) is 6.17. The van der Waals surface area contributed by atoms with Crippen molar-refractivity contribution in [1.82, 2.24) is 4.90 Å². The molecule has 1 fully saturated rings.